The number of hydrogen-bond donors (Lipinski definition) is 2. The van der Waals surface area contributed by atoms with Crippen LogP contribution >= 0.6 is 11.3 Å². The number of amides is 1. The lowest BCUT2D eigenvalue weighted by Gasteiger charge is -2.29. The quantitative estimate of drug-likeness (QED) is 0.592. The summed E-state index contributed by atoms with van der Waals surface area (Å²) in [6, 6.07) is 7.79. The first kappa shape index (κ1) is 23.0. The maximum absolute atomic E-state index is 13.6. The monoisotopic (exact) mass is 452 g/mol. The molecule has 1 unspecified atom stereocenters. The Balaban J connectivity index is 1.75. The second-order valence-electron chi connectivity index (χ2n) is 8.31. The zero-order valence-corrected chi connectivity index (χ0v) is 18.3. The van der Waals surface area contributed by atoms with Crippen molar-refractivity contribution in [2.24, 2.45) is 7.05 Å². The predicted molar refractivity (Wildman–Crippen MR) is 113 cm³/mol. The van der Waals surface area contributed by atoms with Gasteiger partial charge >= 0.3 is 6.18 Å². The van der Waals surface area contributed by atoms with E-state index in [2.05, 4.69) is 36.1 Å². The Morgan fingerprint density at radius 3 is 2.35 bits per heavy atom. The molecule has 0 aliphatic rings. The van der Waals surface area contributed by atoms with Gasteiger partial charge in [0.05, 0.1) is 12.1 Å². The van der Waals surface area contributed by atoms with Gasteiger partial charge in [0.2, 0.25) is 11.5 Å². The number of imidazole rings is 1. The number of halogens is 3. The summed E-state index contributed by atoms with van der Waals surface area (Å²) in [5.74, 6) is -1.68. The first-order valence-corrected chi connectivity index (χ1v) is 10.3. The number of aryl methyl sites for hydroxylation is 1. The minimum Gasteiger partial charge on any atom is -0.374 e. The van der Waals surface area contributed by atoms with Gasteiger partial charge in [0.25, 0.3) is 0 Å². The molecule has 0 spiro atoms. The highest BCUT2D eigenvalue weighted by Crippen LogP contribution is 2.41. The number of nitrogens with one attached hydrogen (secondary N) is 1. The molecule has 0 bridgehead atoms. The van der Waals surface area contributed by atoms with Gasteiger partial charge in [-0.05, 0) is 11.0 Å². The normalized spacial score (nSPS) is 14.3. The predicted octanol–water partition coefficient (Wildman–Crippen LogP) is 4.62. The Morgan fingerprint density at radius 1 is 1.19 bits per heavy atom. The molecule has 10 heteroatoms. The van der Waals surface area contributed by atoms with E-state index in [1.54, 1.807) is 5.38 Å². The van der Waals surface area contributed by atoms with E-state index in [1.807, 2.05) is 24.3 Å². The van der Waals surface area contributed by atoms with E-state index in [1.165, 1.54) is 13.2 Å². The topological polar surface area (TPSA) is 80.0 Å². The number of aromatic nitrogens is 3. The van der Waals surface area contributed by atoms with Gasteiger partial charge in [-0.2, -0.15) is 13.2 Å². The van der Waals surface area contributed by atoms with E-state index in [9.17, 15) is 23.1 Å². The Labute approximate surface area is 181 Å². The highest BCUT2D eigenvalue weighted by molar-refractivity contribution is 7.14. The van der Waals surface area contributed by atoms with Crippen molar-refractivity contribution in [2.45, 2.75) is 44.4 Å². The van der Waals surface area contributed by atoms with Crippen molar-refractivity contribution in [1.82, 2.24) is 14.5 Å². The molecular formula is C21H23F3N4O2S. The van der Waals surface area contributed by atoms with Crippen LogP contribution in [0.3, 0.4) is 0 Å². The van der Waals surface area contributed by atoms with Gasteiger partial charge in [0.15, 0.2) is 11.0 Å². The van der Waals surface area contributed by atoms with E-state index in [-0.39, 0.29) is 10.5 Å². The van der Waals surface area contributed by atoms with Gasteiger partial charge in [-0.1, -0.05) is 45.0 Å². The van der Waals surface area contributed by atoms with Crippen molar-refractivity contribution in [3.05, 3.63) is 53.4 Å². The maximum Gasteiger partial charge on any atom is 0.425 e. The van der Waals surface area contributed by atoms with Crippen molar-refractivity contribution < 1.29 is 23.1 Å². The zero-order chi connectivity index (χ0) is 23.0. The molecule has 2 aromatic heterocycles. The second-order valence-corrected chi connectivity index (χ2v) is 9.17. The van der Waals surface area contributed by atoms with Crippen LogP contribution in [0.25, 0.3) is 11.3 Å². The number of anilines is 1. The van der Waals surface area contributed by atoms with Crippen molar-refractivity contribution in [3.8, 4) is 11.3 Å². The number of rotatable bonds is 5. The van der Waals surface area contributed by atoms with Gasteiger partial charge in [-0.15, -0.1) is 11.3 Å². The fourth-order valence-electron chi connectivity index (χ4n) is 3.07. The first-order valence-electron chi connectivity index (χ1n) is 9.44. The van der Waals surface area contributed by atoms with E-state index in [4.69, 9.17) is 0 Å². The van der Waals surface area contributed by atoms with Crippen LogP contribution in [0.1, 0.15) is 38.6 Å². The molecule has 1 aromatic carbocycles. The SMILES string of the molecule is Cn1ccnc1C(O)(CC(=O)Nc1nc(-c2ccc(C(C)(C)C)cc2)cs1)C(F)(F)F. The van der Waals surface area contributed by atoms with Crippen LogP contribution in [-0.2, 0) is 22.9 Å². The minimum absolute atomic E-state index is 0.00220. The standard InChI is InChI=1S/C21H23F3N4O2S/c1-19(2,3)14-7-5-13(6-8-14)15-12-31-18(26-15)27-16(29)11-20(30,21(22,23)24)17-25-9-10-28(17)4/h5-10,12,30H,11H2,1-4H3,(H,26,27,29). The van der Waals surface area contributed by atoms with Crippen LogP contribution < -0.4 is 5.32 Å². The Hall–Kier alpha value is -2.72. The van der Waals surface area contributed by atoms with Gasteiger partial charge < -0.3 is 15.0 Å². The van der Waals surface area contributed by atoms with Crippen molar-refractivity contribution in [1.29, 1.82) is 0 Å². The highest BCUT2D eigenvalue weighted by Gasteiger charge is 2.58. The lowest BCUT2D eigenvalue weighted by molar-refractivity contribution is -0.270. The number of alkyl halides is 3. The average molecular weight is 453 g/mol. The summed E-state index contributed by atoms with van der Waals surface area (Å²) in [5, 5.41) is 14.5. The number of carbonyl (C=O) groups excluding carboxylic acids is 1. The zero-order valence-electron chi connectivity index (χ0n) is 17.5. The van der Waals surface area contributed by atoms with Crippen LogP contribution in [-0.4, -0.2) is 31.7 Å². The highest BCUT2D eigenvalue weighted by atomic mass is 32.1. The van der Waals surface area contributed by atoms with Gasteiger partial charge in [0.1, 0.15) is 0 Å². The van der Waals surface area contributed by atoms with Crippen LogP contribution in [0.5, 0.6) is 0 Å². The minimum atomic E-state index is -5.09. The fraction of sp³-hybridized carbons (Fsp3) is 0.381. The average Bonchev–Trinajstić information content (AvgIpc) is 3.29. The number of hydrogen-bond acceptors (Lipinski definition) is 5. The third kappa shape index (κ3) is 4.80. The molecule has 0 aliphatic carbocycles. The van der Waals surface area contributed by atoms with Gasteiger partial charge in [0, 0.05) is 30.4 Å². The number of benzene rings is 1. The number of aliphatic hydroxyl groups is 1. The van der Waals surface area contributed by atoms with Crippen molar-refractivity contribution in [2.75, 3.05) is 5.32 Å². The molecule has 6 nitrogen and oxygen atoms in total. The van der Waals surface area contributed by atoms with Crippen LogP contribution in [0.15, 0.2) is 42.0 Å². The summed E-state index contributed by atoms with van der Waals surface area (Å²) in [6.07, 6.45) is -3.94. The molecule has 0 radical (unpaired) electrons. The molecule has 0 saturated heterocycles. The summed E-state index contributed by atoms with van der Waals surface area (Å²) >= 11 is 1.09. The van der Waals surface area contributed by atoms with Crippen LogP contribution in [0.2, 0.25) is 0 Å². The van der Waals surface area contributed by atoms with Crippen LogP contribution in [0.4, 0.5) is 18.3 Å². The third-order valence-electron chi connectivity index (χ3n) is 4.87. The molecule has 0 saturated carbocycles. The summed E-state index contributed by atoms with van der Waals surface area (Å²) < 4.78 is 41.8. The molecule has 2 N–H and O–H groups in total. The molecule has 166 valence electrons. The van der Waals surface area contributed by atoms with E-state index >= 15 is 0 Å². The summed E-state index contributed by atoms with van der Waals surface area (Å²) in [5.41, 5.74) is -0.846. The van der Waals surface area contributed by atoms with E-state index in [0.717, 1.165) is 33.2 Å². The van der Waals surface area contributed by atoms with E-state index < -0.39 is 29.9 Å². The summed E-state index contributed by atoms with van der Waals surface area (Å²) in [6.45, 7) is 6.31. The third-order valence-corrected chi connectivity index (χ3v) is 5.63. The Bertz CT molecular complexity index is 1070. The van der Waals surface area contributed by atoms with Gasteiger partial charge in [-0.3, -0.25) is 4.79 Å². The molecule has 3 rings (SSSR count). The van der Waals surface area contributed by atoms with E-state index in [0.29, 0.717) is 5.69 Å². The van der Waals surface area contributed by atoms with Crippen molar-refractivity contribution in [3.63, 3.8) is 0 Å². The van der Waals surface area contributed by atoms with Gasteiger partial charge in [-0.25, -0.2) is 9.97 Å². The van der Waals surface area contributed by atoms with Crippen LogP contribution in [0, 0.1) is 0 Å². The number of carbonyl (C=O) groups is 1. The summed E-state index contributed by atoms with van der Waals surface area (Å²) in [7, 11) is 1.31. The molecule has 3 aromatic rings. The lowest BCUT2D eigenvalue weighted by Crippen LogP contribution is -2.46. The molecule has 2 heterocycles. The smallest absolute Gasteiger partial charge is 0.374 e. The van der Waals surface area contributed by atoms with Crippen molar-refractivity contribution >= 4 is 22.4 Å². The first-order chi connectivity index (χ1) is 14.3. The number of nitrogens with zero attached hydrogens (tertiary/aromatic N) is 3. The maximum atomic E-state index is 13.6. The lowest BCUT2D eigenvalue weighted by atomic mass is 9.86. The largest absolute Gasteiger partial charge is 0.425 e. The Morgan fingerprint density at radius 2 is 1.84 bits per heavy atom. The molecular weight excluding hydrogens is 429 g/mol. The second kappa shape index (κ2) is 8.08. The molecule has 1 amide bonds. The summed E-state index contributed by atoms with van der Waals surface area (Å²) in [4.78, 5) is 20.2. The fourth-order valence-corrected chi connectivity index (χ4v) is 3.81. The molecule has 31 heavy (non-hydrogen) atoms. The number of thiazole rings is 1. The molecule has 0 fully saturated rings. The molecule has 1 atom stereocenters. The Kier molecular flexibility index (Phi) is 5.98. The molecule has 0 aliphatic heterocycles.